The van der Waals surface area contributed by atoms with E-state index in [4.69, 9.17) is 4.74 Å². The summed E-state index contributed by atoms with van der Waals surface area (Å²) in [5.41, 5.74) is 6.00. The number of nitrogens with zero attached hydrogens (tertiary/aromatic N) is 3. The molecule has 7 rings (SSSR count). The average molecular weight is 618 g/mol. The number of pyridine rings is 2. The molecule has 1 radical (unpaired) electrons. The fourth-order valence-corrected chi connectivity index (χ4v) is 4.09. The van der Waals surface area contributed by atoms with Gasteiger partial charge in [-0.3, -0.25) is 4.98 Å². The number of hydrogen-bond donors (Lipinski definition) is 0. The third kappa shape index (κ3) is 4.12. The van der Waals surface area contributed by atoms with Gasteiger partial charge in [0.1, 0.15) is 5.75 Å². The summed E-state index contributed by atoms with van der Waals surface area (Å²) in [6, 6.07) is 33.4. The monoisotopic (exact) mass is 618 g/mol. The Kier molecular flexibility index (Phi) is 6.22. The van der Waals surface area contributed by atoms with E-state index >= 15 is 0 Å². The molecule has 0 unspecified atom stereocenters. The van der Waals surface area contributed by atoms with E-state index in [0.29, 0.717) is 6.61 Å². The van der Waals surface area contributed by atoms with Crippen LogP contribution in [-0.4, -0.2) is 9.97 Å². The van der Waals surface area contributed by atoms with Crippen LogP contribution in [0, 0.1) is 6.07 Å². The third-order valence-electron chi connectivity index (χ3n) is 5.70. The molecule has 0 saturated heterocycles. The Morgan fingerprint density at radius 2 is 1.65 bits per heavy atom. The molecule has 5 heteroatoms. The van der Waals surface area contributed by atoms with Crippen LogP contribution in [0.15, 0.2) is 103 Å². The van der Waals surface area contributed by atoms with Crippen LogP contribution < -0.4 is 9.72 Å². The van der Waals surface area contributed by atoms with Crippen LogP contribution in [0.25, 0.3) is 44.3 Å². The zero-order valence-corrected chi connectivity index (χ0v) is 20.5. The molecule has 0 atom stereocenters. The van der Waals surface area contributed by atoms with E-state index in [9.17, 15) is 0 Å². The molecule has 167 valence electrons. The van der Waals surface area contributed by atoms with Gasteiger partial charge in [0.05, 0.1) is 6.61 Å². The molecule has 0 amide bonds. The molecule has 0 fully saturated rings. The molecule has 0 aliphatic carbocycles. The number of ether oxygens (including phenoxy) is 1. The molecule has 1 aliphatic rings. The van der Waals surface area contributed by atoms with E-state index in [1.165, 1.54) is 0 Å². The van der Waals surface area contributed by atoms with E-state index in [0.717, 1.165) is 55.6 Å². The van der Waals surface area contributed by atoms with Crippen molar-refractivity contribution >= 4 is 21.7 Å². The van der Waals surface area contributed by atoms with Gasteiger partial charge in [0.15, 0.2) is 0 Å². The van der Waals surface area contributed by atoms with Gasteiger partial charge >= 0.3 is 0 Å². The summed E-state index contributed by atoms with van der Waals surface area (Å²) >= 11 is 0. The summed E-state index contributed by atoms with van der Waals surface area (Å²) in [5.74, 6) is 0.878. The molecule has 3 aromatic carbocycles. The molecular weight excluding hydrogens is 599 g/mol. The van der Waals surface area contributed by atoms with Gasteiger partial charge in [-0.05, 0) is 17.5 Å². The van der Waals surface area contributed by atoms with Crippen LogP contribution in [0.5, 0.6) is 5.75 Å². The van der Waals surface area contributed by atoms with Crippen molar-refractivity contribution < 1.29 is 24.8 Å². The summed E-state index contributed by atoms with van der Waals surface area (Å²) in [6.45, 7) is 0.593. The van der Waals surface area contributed by atoms with Gasteiger partial charge in [-0.15, -0.1) is 41.0 Å². The normalized spacial score (nSPS) is 11.4. The largest absolute Gasteiger partial charge is 0.656 e. The van der Waals surface area contributed by atoms with Crippen molar-refractivity contribution in [3.05, 3.63) is 115 Å². The smallest absolute Gasteiger partial charge is 0.111 e. The van der Waals surface area contributed by atoms with Gasteiger partial charge in [0.25, 0.3) is 0 Å². The number of aromatic nitrogens is 3. The first-order valence-electron chi connectivity index (χ1n) is 10.8. The quantitative estimate of drug-likeness (QED) is 0.199. The van der Waals surface area contributed by atoms with E-state index in [-0.39, 0.29) is 20.1 Å². The standard InChI is InChI=1S/C16H10NO.C13H9N2.Ir/c1-4-8-14-11(5-1)9-17-15-13-7-3-2-6-12(13)10-18-16(14)15;1-2-6-11-10(5-1)9-13(15-11)12-7-3-4-8-14-12;/h1-6,8-9H,10H2;1-9H;/q2*-1;. The Hall–Kier alpha value is -3.79. The van der Waals surface area contributed by atoms with Crippen LogP contribution in [-0.2, 0) is 26.7 Å². The fourth-order valence-electron chi connectivity index (χ4n) is 4.09. The van der Waals surface area contributed by atoms with Crippen molar-refractivity contribution in [3.8, 4) is 28.4 Å². The molecule has 6 aromatic rings. The summed E-state index contributed by atoms with van der Waals surface area (Å²) in [6.07, 6.45) is 3.68. The maximum Gasteiger partial charge on any atom is 0.111 e. The second-order valence-corrected chi connectivity index (χ2v) is 7.80. The van der Waals surface area contributed by atoms with Gasteiger partial charge < -0.3 is 14.7 Å². The Balaban J connectivity index is 0.000000140. The maximum absolute atomic E-state index is 5.88. The average Bonchev–Trinajstić information content (AvgIpc) is 3.34. The Morgan fingerprint density at radius 1 is 0.824 bits per heavy atom. The van der Waals surface area contributed by atoms with Crippen LogP contribution in [0.3, 0.4) is 0 Å². The SMILES string of the molecule is [Ir].[c-]1cccc2c1-c1ncc3ccccc3c1OC2.c1ccc(-c2cc3ccccc3[n-]2)nc1. The number of fused-ring (bicyclic) bond motifs is 6. The van der Waals surface area contributed by atoms with Crippen molar-refractivity contribution in [2.24, 2.45) is 0 Å². The van der Waals surface area contributed by atoms with Gasteiger partial charge in [-0.1, -0.05) is 66.2 Å². The Bertz CT molecular complexity index is 1540. The topological polar surface area (TPSA) is 49.1 Å². The van der Waals surface area contributed by atoms with Crippen LogP contribution >= 0.6 is 0 Å². The first-order chi connectivity index (χ1) is 16.4. The van der Waals surface area contributed by atoms with Crippen molar-refractivity contribution in [3.63, 3.8) is 0 Å². The Labute approximate surface area is 211 Å². The van der Waals surface area contributed by atoms with Crippen LogP contribution in [0.2, 0.25) is 0 Å². The minimum Gasteiger partial charge on any atom is -0.656 e. The van der Waals surface area contributed by atoms with Crippen molar-refractivity contribution in [2.75, 3.05) is 0 Å². The fraction of sp³-hybridized carbons (Fsp3) is 0.0345. The minimum absolute atomic E-state index is 0. The molecule has 34 heavy (non-hydrogen) atoms. The molecule has 0 spiro atoms. The predicted molar refractivity (Wildman–Crippen MR) is 131 cm³/mol. The number of benzene rings is 3. The van der Waals surface area contributed by atoms with Gasteiger partial charge in [-0.2, -0.15) is 0 Å². The first kappa shape index (κ1) is 22.0. The molecule has 4 nitrogen and oxygen atoms in total. The van der Waals surface area contributed by atoms with Crippen LogP contribution in [0.4, 0.5) is 0 Å². The zero-order chi connectivity index (χ0) is 22.0. The van der Waals surface area contributed by atoms with E-state index in [1.807, 2.05) is 66.9 Å². The summed E-state index contributed by atoms with van der Waals surface area (Å²) in [7, 11) is 0. The van der Waals surface area contributed by atoms with Gasteiger partial charge in [-0.25, -0.2) is 0 Å². The van der Waals surface area contributed by atoms with Crippen molar-refractivity contribution in [2.45, 2.75) is 6.61 Å². The van der Waals surface area contributed by atoms with E-state index in [2.05, 4.69) is 51.4 Å². The first-order valence-corrected chi connectivity index (χ1v) is 10.8. The molecule has 0 bridgehead atoms. The number of hydrogen-bond acceptors (Lipinski definition) is 3. The second kappa shape index (κ2) is 9.60. The summed E-state index contributed by atoms with van der Waals surface area (Å²) in [4.78, 5) is 13.3. The van der Waals surface area contributed by atoms with Crippen LogP contribution in [0.1, 0.15) is 5.56 Å². The molecule has 4 heterocycles. The predicted octanol–water partition coefficient (Wildman–Crippen LogP) is 6.45. The van der Waals surface area contributed by atoms with Crippen molar-refractivity contribution in [1.29, 1.82) is 0 Å². The minimum atomic E-state index is 0. The molecule has 0 N–H and O–H groups in total. The van der Waals surface area contributed by atoms with Gasteiger partial charge in [0.2, 0.25) is 0 Å². The van der Waals surface area contributed by atoms with Gasteiger partial charge in [0, 0.05) is 54.7 Å². The zero-order valence-electron chi connectivity index (χ0n) is 18.1. The van der Waals surface area contributed by atoms with E-state index < -0.39 is 0 Å². The number of rotatable bonds is 1. The molecule has 0 saturated carbocycles. The Morgan fingerprint density at radius 3 is 2.50 bits per heavy atom. The molecule has 3 aromatic heterocycles. The van der Waals surface area contributed by atoms with E-state index in [1.54, 1.807) is 6.20 Å². The molecule has 1 aliphatic heterocycles. The molecular formula is C29H19IrN3O-2. The van der Waals surface area contributed by atoms with Crippen molar-refractivity contribution in [1.82, 2.24) is 15.0 Å². The number of para-hydroxylation sites is 1. The summed E-state index contributed by atoms with van der Waals surface area (Å²) < 4.78 is 5.88. The maximum atomic E-state index is 5.88. The summed E-state index contributed by atoms with van der Waals surface area (Å²) in [5, 5.41) is 3.39. The second-order valence-electron chi connectivity index (χ2n) is 7.80. The third-order valence-corrected chi connectivity index (χ3v) is 5.70.